The van der Waals surface area contributed by atoms with E-state index in [0.29, 0.717) is 12.5 Å². The first-order valence-electron chi connectivity index (χ1n) is 14.2. The first-order valence-corrected chi connectivity index (χ1v) is 14.2. The molecule has 1 aliphatic rings. The molecule has 0 atom stereocenters. The Balaban J connectivity index is 1.60. The molecule has 5 rings (SSSR count). The van der Waals surface area contributed by atoms with Crippen LogP contribution in [0.15, 0.2) is 30.5 Å². The summed E-state index contributed by atoms with van der Waals surface area (Å²) in [7, 11) is 3.44. The maximum atomic E-state index is 13.6. The van der Waals surface area contributed by atoms with Crippen LogP contribution in [0.25, 0.3) is 11.0 Å². The van der Waals surface area contributed by atoms with Crippen molar-refractivity contribution in [1.29, 1.82) is 0 Å². The highest BCUT2D eigenvalue weighted by molar-refractivity contribution is 5.83. The fourth-order valence-corrected chi connectivity index (χ4v) is 5.91. The van der Waals surface area contributed by atoms with Crippen molar-refractivity contribution in [1.82, 2.24) is 29.8 Å². The fourth-order valence-electron chi connectivity index (χ4n) is 5.91. The van der Waals surface area contributed by atoms with Crippen molar-refractivity contribution >= 4 is 22.8 Å². The zero-order valence-electron chi connectivity index (χ0n) is 24.5. The molecular weight excluding hydrogens is 574 g/mol. The molecule has 0 bridgehead atoms. The van der Waals surface area contributed by atoms with E-state index in [1.54, 1.807) is 0 Å². The lowest BCUT2D eigenvalue weighted by Crippen LogP contribution is -2.32. The van der Waals surface area contributed by atoms with Gasteiger partial charge in [0.2, 0.25) is 0 Å². The van der Waals surface area contributed by atoms with Crippen molar-refractivity contribution in [3.05, 3.63) is 58.3 Å². The zero-order valence-corrected chi connectivity index (χ0v) is 24.5. The Kier molecular flexibility index (Phi) is 8.32. The Labute approximate surface area is 245 Å². The van der Waals surface area contributed by atoms with Crippen LogP contribution >= 0.6 is 0 Å². The van der Waals surface area contributed by atoms with Crippen molar-refractivity contribution in [2.45, 2.75) is 65.0 Å². The average Bonchev–Trinajstić information content (AvgIpc) is 3.67. The third-order valence-corrected chi connectivity index (χ3v) is 8.00. The molecule has 8 nitrogen and oxygen atoms in total. The Hall–Kier alpha value is -3.84. The summed E-state index contributed by atoms with van der Waals surface area (Å²) in [6.45, 7) is 5.27. The van der Waals surface area contributed by atoms with E-state index in [4.69, 9.17) is 4.98 Å². The maximum Gasteiger partial charge on any atom is 0.416 e. The summed E-state index contributed by atoms with van der Waals surface area (Å²) in [5.41, 5.74) is 0.518. The van der Waals surface area contributed by atoms with Crippen LogP contribution in [0.4, 0.5) is 38.1 Å². The van der Waals surface area contributed by atoms with E-state index in [1.165, 1.54) is 29.6 Å². The van der Waals surface area contributed by atoms with Crippen molar-refractivity contribution in [3.63, 3.8) is 0 Å². The number of alkyl halides is 6. The predicted molar refractivity (Wildman–Crippen MR) is 150 cm³/mol. The van der Waals surface area contributed by atoms with Gasteiger partial charge in [-0.2, -0.15) is 31.1 Å². The third-order valence-electron chi connectivity index (χ3n) is 8.00. The third kappa shape index (κ3) is 6.72. The van der Waals surface area contributed by atoms with Crippen LogP contribution in [0.5, 0.6) is 0 Å². The van der Waals surface area contributed by atoms with E-state index in [1.807, 2.05) is 37.7 Å². The number of nitrogens with zero attached hydrogens (tertiary/aromatic N) is 8. The first kappa shape index (κ1) is 30.6. The second-order valence-corrected chi connectivity index (χ2v) is 11.3. The number of benzene rings is 1. The van der Waals surface area contributed by atoms with Gasteiger partial charge in [-0.1, -0.05) is 17.9 Å². The summed E-state index contributed by atoms with van der Waals surface area (Å²) >= 11 is 0. The molecule has 1 fully saturated rings. The molecule has 232 valence electrons. The van der Waals surface area contributed by atoms with E-state index < -0.39 is 23.5 Å². The lowest BCUT2D eigenvalue weighted by molar-refractivity contribution is -0.143. The Bertz CT molecular complexity index is 1550. The summed E-state index contributed by atoms with van der Waals surface area (Å²) in [6.07, 6.45) is -3.32. The Morgan fingerprint density at radius 2 is 1.56 bits per heavy atom. The monoisotopic (exact) mass is 608 g/mol. The van der Waals surface area contributed by atoms with E-state index >= 15 is 0 Å². The van der Waals surface area contributed by atoms with E-state index in [9.17, 15) is 26.3 Å². The standard InChI is InChI=1S/C29H34F6N8/c1-5-42(15-19-8-6-7-9-19)26-21(12-24-25(36-26)18(2)14-40(24)3)17-43(27-37-39-41(4)38-27)16-20-10-22(28(30,31)32)13-23(11-20)29(33,34)35/h10-14,19H,5-9,15-17H2,1-4H3. The van der Waals surface area contributed by atoms with Gasteiger partial charge < -0.3 is 14.4 Å². The average molecular weight is 609 g/mol. The molecule has 0 amide bonds. The van der Waals surface area contributed by atoms with Crippen LogP contribution in [0.3, 0.4) is 0 Å². The maximum absolute atomic E-state index is 13.6. The number of tetrazole rings is 1. The molecule has 3 aromatic heterocycles. The number of fused-ring (bicyclic) bond motifs is 1. The van der Waals surface area contributed by atoms with Crippen molar-refractivity contribution in [3.8, 4) is 0 Å². The zero-order chi connectivity index (χ0) is 31.1. The summed E-state index contributed by atoms with van der Waals surface area (Å²) in [4.78, 5) is 10.0. The van der Waals surface area contributed by atoms with Crippen LogP contribution < -0.4 is 9.80 Å². The minimum atomic E-state index is -4.96. The van der Waals surface area contributed by atoms with Gasteiger partial charge in [-0.15, -0.1) is 5.10 Å². The lowest BCUT2D eigenvalue weighted by atomic mass is 10.0. The second-order valence-electron chi connectivity index (χ2n) is 11.3. The van der Waals surface area contributed by atoms with Crippen LogP contribution in [-0.4, -0.2) is 42.8 Å². The molecule has 0 aliphatic heterocycles. The molecule has 0 saturated heterocycles. The summed E-state index contributed by atoms with van der Waals surface area (Å²) in [5, 5.41) is 12.2. The minimum Gasteiger partial charge on any atom is -0.356 e. The fraction of sp³-hybridized carbons (Fsp3) is 0.517. The minimum absolute atomic E-state index is 0.0708. The summed E-state index contributed by atoms with van der Waals surface area (Å²) in [5.74, 6) is 1.32. The molecule has 0 unspecified atom stereocenters. The van der Waals surface area contributed by atoms with Crippen molar-refractivity contribution in [2.24, 2.45) is 20.0 Å². The molecule has 1 saturated carbocycles. The summed E-state index contributed by atoms with van der Waals surface area (Å²) < 4.78 is 83.8. The topological polar surface area (TPSA) is 67.9 Å². The van der Waals surface area contributed by atoms with Gasteiger partial charge >= 0.3 is 12.4 Å². The van der Waals surface area contributed by atoms with Gasteiger partial charge in [-0.3, -0.25) is 0 Å². The molecule has 0 N–H and O–H groups in total. The lowest BCUT2D eigenvalue weighted by Gasteiger charge is -2.29. The SMILES string of the molecule is CCN(CC1CCCC1)c1nc2c(C)cn(C)c2cc1CN(Cc1cc(C(F)(F)F)cc(C(F)(F)F)c1)c1nnn(C)n1. The number of pyridine rings is 1. The first-order chi connectivity index (χ1) is 20.2. The van der Waals surface area contributed by atoms with Crippen LogP contribution in [0.2, 0.25) is 0 Å². The predicted octanol–water partition coefficient (Wildman–Crippen LogP) is 6.67. The van der Waals surface area contributed by atoms with Crippen molar-refractivity contribution in [2.75, 3.05) is 22.9 Å². The second kappa shape index (κ2) is 11.7. The van der Waals surface area contributed by atoms with Gasteiger partial charge in [0, 0.05) is 38.4 Å². The van der Waals surface area contributed by atoms with Crippen LogP contribution in [0.1, 0.15) is 60.4 Å². The summed E-state index contributed by atoms with van der Waals surface area (Å²) in [6, 6.07) is 3.59. The smallest absolute Gasteiger partial charge is 0.356 e. The van der Waals surface area contributed by atoms with Gasteiger partial charge in [0.25, 0.3) is 5.95 Å². The molecular formula is C29H34F6N8. The quantitative estimate of drug-likeness (QED) is 0.198. The van der Waals surface area contributed by atoms with E-state index in [2.05, 4.69) is 20.3 Å². The number of hydrogen-bond acceptors (Lipinski definition) is 6. The number of rotatable bonds is 9. The Morgan fingerprint density at radius 1 is 0.907 bits per heavy atom. The highest BCUT2D eigenvalue weighted by Gasteiger charge is 2.37. The Morgan fingerprint density at radius 3 is 2.12 bits per heavy atom. The molecule has 0 spiro atoms. The number of aromatic nitrogens is 6. The molecule has 1 aromatic carbocycles. The van der Waals surface area contributed by atoms with Gasteiger partial charge in [-0.05, 0) is 73.2 Å². The highest BCUT2D eigenvalue weighted by atomic mass is 19.4. The number of hydrogen-bond donors (Lipinski definition) is 0. The highest BCUT2D eigenvalue weighted by Crippen LogP contribution is 2.37. The van der Waals surface area contributed by atoms with E-state index in [0.717, 1.165) is 59.5 Å². The molecule has 0 radical (unpaired) electrons. The molecule has 43 heavy (non-hydrogen) atoms. The number of halogens is 6. The molecule has 14 heteroatoms. The van der Waals surface area contributed by atoms with Gasteiger partial charge in [-0.25, -0.2) is 4.98 Å². The molecule has 1 aliphatic carbocycles. The normalized spacial score (nSPS) is 14.7. The largest absolute Gasteiger partial charge is 0.416 e. The van der Waals surface area contributed by atoms with E-state index in [-0.39, 0.29) is 30.7 Å². The van der Waals surface area contributed by atoms with Crippen LogP contribution in [0, 0.1) is 12.8 Å². The van der Waals surface area contributed by atoms with Crippen molar-refractivity contribution < 1.29 is 26.3 Å². The van der Waals surface area contributed by atoms with Crippen LogP contribution in [-0.2, 0) is 39.5 Å². The number of aryl methyl sites for hydroxylation is 3. The van der Waals surface area contributed by atoms with Gasteiger partial charge in [0.05, 0.1) is 35.8 Å². The molecule has 3 heterocycles. The van der Waals surface area contributed by atoms with Gasteiger partial charge in [0.15, 0.2) is 0 Å². The molecule has 4 aromatic rings. The van der Waals surface area contributed by atoms with Gasteiger partial charge in [0.1, 0.15) is 5.82 Å². The number of anilines is 2.